The first kappa shape index (κ1) is 19.2. The second-order valence-corrected chi connectivity index (χ2v) is 7.67. The summed E-state index contributed by atoms with van der Waals surface area (Å²) < 4.78 is 11.3. The first-order valence-corrected chi connectivity index (χ1v) is 9.09. The summed E-state index contributed by atoms with van der Waals surface area (Å²) in [7, 11) is 0. The van der Waals surface area contributed by atoms with Crippen molar-refractivity contribution >= 4 is 11.8 Å². The fourth-order valence-electron chi connectivity index (χ4n) is 3.57. The van der Waals surface area contributed by atoms with E-state index in [1.807, 2.05) is 27.7 Å². The number of rotatable bonds is 6. The standard InChI is InChI=1S/C18H32N2O4/c1-6-7-8-14(16(22)20-10-12-24-18(20,4)5)13-15(21)19-9-11-23-17(19,2)3/h14H,6-13H2,1-5H3/t14-/m0/s1. The van der Waals surface area contributed by atoms with Gasteiger partial charge in [0.15, 0.2) is 0 Å². The number of unbranched alkanes of at least 4 members (excludes halogenated alkanes) is 1. The van der Waals surface area contributed by atoms with Gasteiger partial charge in [0, 0.05) is 25.4 Å². The highest BCUT2D eigenvalue weighted by Gasteiger charge is 2.42. The summed E-state index contributed by atoms with van der Waals surface area (Å²) in [5, 5.41) is 0. The molecule has 0 spiro atoms. The average Bonchev–Trinajstić information content (AvgIpc) is 3.03. The van der Waals surface area contributed by atoms with Gasteiger partial charge in [-0.3, -0.25) is 9.59 Å². The molecule has 0 aromatic heterocycles. The quantitative estimate of drug-likeness (QED) is 0.745. The van der Waals surface area contributed by atoms with E-state index in [1.165, 1.54) is 0 Å². The van der Waals surface area contributed by atoms with E-state index >= 15 is 0 Å². The van der Waals surface area contributed by atoms with Crippen LogP contribution in [0.1, 0.15) is 60.3 Å². The average molecular weight is 340 g/mol. The van der Waals surface area contributed by atoms with Crippen LogP contribution in [0.3, 0.4) is 0 Å². The SMILES string of the molecule is CCCC[C@@H](CC(=O)N1CCOC1(C)C)C(=O)N1CCOC1(C)C. The molecule has 138 valence electrons. The van der Waals surface area contributed by atoms with Crippen LogP contribution >= 0.6 is 0 Å². The van der Waals surface area contributed by atoms with Crippen molar-refractivity contribution in [3.63, 3.8) is 0 Å². The molecule has 0 aromatic rings. The van der Waals surface area contributed by atoms with Crippen molar-refractivity contribution in [2.75, 3.05) is 26.3 Å². The molecule has 6 nitrogen and oxygen atoms in total. The molecule has 2 fully saturated rings. The lowest BCUT2D eigenvalue weighted by Crippen LogP contribution is -2.48. The van der Waals surface area contributed by atoms with Gasteiger partial charge in [0.2, 0.25) is 11.8 Å². The van der Waals surface area contributed by atoms with Gasteiger partial charge in [0.1, 0.15) is 11.4 Å². The predicted octanol–water partition coefficient (Wildman–Crippen LogP) is 2.37. The molecule has 0 aliphatic carbocycles. The highest BCUT2D eigenvalue weighted by atomic mass is 16.5. The third-order valence-corrected chi connectivity index (χ3v) is 5.08. The van der Waals surface area contributed by atoms with Gasteiger partial charge in [0.25, 0.3) is 0 Å². The van der Waals surface area contributed by atoms with Gasteiger partial charge in [-0.15, -0.1) is 0 Å². The van der Waals surface area contributed by atoms with Crippen LogP contribution < -0.4 is 0 Å². The predicted molar refractivity (Wildman–Crippen MR) is 91.1 cm³/mol. The number of ether oxygens (including phenoxy) is 2. The highest BCUT2D eigenvalue weighted by Crippen LogP contribution is 2.29. The molecule has 0 radical (unpaired) electrons. The number of carbonyl (C=O) groups excluding carboxylic acids is 2. The Labute approximate surface area is 145 Å². The van der Waals surface area contributed by atoms with Crippen LogP contribution in [0, 0.1) is 5.92 Å². The third-order valence-electron chi connectivity index (χ3n) is 5.08. The monoisotopic (exact) mass is 340 g/mol. The molecule has 2 amide bonds. The van der Waals surface area contributed by atoms with Gasteiger partial charge in [-0.1, -0.05) is 19.8 Å². The Kier molecular flexibility index (Phi) is 5.91. The lowest BCUT2D eigenvalue weighted by atomic mass is 9.95. The summed E-state index contributed by atoms with van der Waals surface area (Å²) in [6.07, 6.45) is 2.94. The van der Waals surface area contributed by atoms with Crippen LogP contribution in [-0.4, -0.2) is 59.4 Å². The van der Waals surface area contributed by atoms with Crippen molar-refractivity contribution in [2.45, 2.75) is 71.8 Å². The van der Waals surface area contributed by atoms with Crippen LogP contribution in [0.4, 0.5) is 0 Å². The van der Waals surface area contributed by atoms with Crippen LogP contribution in [-0.2, 0) is 19.1 Å². The maximum Gasteiger partial charge on any atom is 0.228 e. The molecule has 0 unspecified atom stereocenters. The van der Waals surface area contributed by atoms with E-state index in [9.17, 15) is 9.59 Å². The maximum atomic E-state index is 13.0. The first-order valence-electron chi connectivity index (χ1n) is 9.09. The van der Waals surface area contributed by atoms with Gasteiger partial charge in [-0.05, 0) is 34.1 Å². The molecule has 1 atom stereocenters. The van der Waals surface area contributed by atoms with Gasteiger partial charge in [-0.25, -0.2) is 0 Å². The highest BCUT2D eigenvalue weighted by molar-refractivity contribution is 5.86. The number of hydrogen-bond donors (Lipinski definition) is 0. The zero-order valence-corrected chi connectivity index (χ0v) is 15.8. The fourth-order valence-corrected chi connectivity index (χ4v) is 3.57. The summed E-state index contributed by atoms with van der Waals surface area (Å²) in [6, 6.07) is 0. The molecular formula is C18H32N2O4. The Balaban J connectivity index is 2.07. The van der Waals surface area contributed by atoms with Crippen molar-refractivity contribution in [3.05, 3.63) is 0 Å². The number of hydrogen-bond acceptors (Lipinski definition) is 4. The maximum absolute atomic E-state index is 13.0. The number of amides is 2. The molecular weight excluding hydrogens is 308 g/mol. The van der Waals surface area contributed by atoms with E-state index in [1.54, 1.807) is 9.80 Å². The zero-order valence-electron chi connectivity index (χ0n) is 15.8. The van der Waals surface area contributed by atoms with E-state index in [4.69, 9.17) is 9.47 Å². The molecule has 2 aliphatic rings. The molecule has 0 bridgehead atoms. The molecule has 2 saturated heterocycles. The van der Waals surface area contributed by atoms with E-state index in [2.05, 4.69) is 6.92 Å². The van der Waals surface area contributed by atoms with Crippen molar-refractivity contribution in [2.24, 2.45) is 5.92 Å². The largest absolute Gasteiger partial charge is 0.354 e. The Morgan fingerprint density at radius 3 is 2.00 bits per heavy atom. The van der Waals surface area contributed by atoms with E-state index in [-0.39, 0.29) is 24.2 Å². The van der Waals surface area contributed by atoms with E-state index < -0.39 is 11.4 Å². The molecule has 2 aliphatic heterocycles. The zero-order chi connectivity index (χ0) is 18.0. The van der Waals surface area contributed by atoms with Gasteiger partial charge in [0.05, 0.1) is 13.2 Å². The molecule has 0 aromatic carbocycles. The number of nitrogens with zero attached hydrogens (tertiary/aromatic N) is 2. The Morgan fingerprint density at radius 2 is 1.54 bits per heavy atom. The van der Waals surface area contributed by atoms with Crippen LogP contribution in [0.25, 0.3) is 0 Å². The Morgan fingerprint density at radius 1 is 1.00 bits per heavy atom. The second kappa shape index (κ2) is 7.40. The van der Waals surface area contributed by atoms with Gasteiger partial charge >= 0.3 is 0 Å². The van der Waals surface area contributed by atoms with E-state index in [0.29, 0.717) is 26.3 Å². The molecule has 24 heavy (non-hydrogen) atoms. The second-order valence-electron chi connectivity index (χ2n) is 7.67. The smallest absolute Gasteiger partial charge is 0.228 e. The summed E-state index contributed by atoms with van der Waals surface area (Å²) >= 11 is 0. The molecule has 2 heterocycles. The topological polar surface area (TPSA) is 59.1 Å². The minimum atomic E-state index is -0.583. The van der Waals surface area contributed by atoms with Crippen molar-refractivity contribution in [1.29, 1.82) is 0 Å². The van der Waals surface area contributed by atoms with Gasteiger partial charge in [-0.2, -0.15) is 0 Å². The summed E-state index contributed by atoms with van der Waals surface area (Å²) in [5.41, 5.74) is -1.16. The molecule has 6 heteroatoms. The first-order chi connectivity index (χ1) is 11.2. The molecule has 0 N–H and O–H groups in total. The number of carbonyl (C=O) groups is 2. The molecule has 0 saturated carbocycles. The third kappa shape index (κ3) is 4.09. The Bertz CT molecular complexity index is 476. The summed E-state index contributed by atoms with van der Waals surface area (Å²) in [4.78, 5) is 29.3. The van der Waals surface area contributed by atoms with Crippen LogP contribution in [0.15, 0.2) is 0 Å². The van der Waals surface area contributed by atoms with Crippen molar-refractivity contribution in [3.8, 4) is 0 Å². The normalized spacial score (nSPS) is 23.5. The fraction of sp³-hybridized carbons (Fsp3) is 0.889. The minimum absolute atomic E-state index is 0.00451. The van der Waals surface area contributed by atoms with Gasteiger partial charge < -0.3 is 19.3 Å². The minimum Gasteiger partial charge on any atom is -0.354 e. The lowest BCUT2D eigenvalue weighted by Gasteiger charge is -2.34. The lowest BCUT2D eigenvalue weighted by molar-refractivity contribution is -0.155. The summed E-state index contributed by atoms with van der Waals surface area (Å²) in [5.74, 6) is -0.239. The van der Waals surface area contributed by atoms with E-state index in [0.717, 1.165) is 19.3 Å². The van der Waals surface area contributed by atoms with Crippen molar-refractivity contribution in [1.82, 2.24) is 9.80 Å². The molecule has 2 rings (SSSR count). The summed E-state index contributed by atoms with van der Waals surface area (Å²) in [6.45, 7) is 12.0. The Hall–Kier alpha value is -1.14. The van der Waals surface area contributed by atoms with Crippen LogP contribution in [0.5, 0.6) is 0 Å². The van der Waals surface area contributed by atoms with Crippen LogP contribution in [0.2, 0.25) is 0 Å². The van der Waals surface area contributed by atoms with Crippen molar-refractivity contribution < 1.29 is 19.1 Å².